The monoisotopic (exact) mass is 376 g/mol. The highest BCUT2D eigenvalue weighted by Gasteiger charge is 2.26. The van der Waals surface area contributed by atoms with E-state index < -0.39 is 17.8 Å². The summed E-state index contributed by atoms with van der Waals surface area (Å²) in [7, 11) is 0. The van der Waals surface area contributed by atoms with Gasteiger partial charge in [-0.3, -0.25) is 14.9 Å². The minimum Gasteiger partial charge on any atom is -0.341 e. The van der Waals surface area contributed by atoms with Crippen LogP contribution in [0.2, 0.25) is 5.02 Å². The van der Waals surface area contributed by atoms with Crippen LogP contribution in [0.4, 0.5) is 9.18 Å². The Morgan fingerprint density at radius 2 is 2.08 bits per heavy atom. The highest BCUT2D eigenvalue weighted by atomic mass is 35.5. The minimum atomic E-state index is -0.689. The molecule has 4 amide bonds. The molecule has 26 heavy (non-hydrogen) atoms. The van der Waals surface area contributed by atoms with Crippen LogP contribution in [0.15, 0.2) is 23.2 Å². The lowest BCUT2D eigenvalue weighted by Crippen LogP contribution is -2.38. The first-order valence-corrected chi connectivity index (χ1v) is 8.48. The highest BCUT2D eigenvalue weighted by molar-refractivity contribution is 6.46. The molecule has 7 nitrogen and oxygen atoms in total. The van der Waals surface area contributed by atoms with E-state index in [-0.39, 0.29) is 29.5 Å². The maximum absolute atomic E-state index is 13.7. The number of fused-ring (bicyclic) bond motifs is 3. The predicted molar refractivity (Wildman–Crippen MR) is 92.5 cm³/mol. The normalized spacial score (nSPS) is 16.7. The Morgan fingerprint density at radius 1 is 1.27 bits per heavy atom. The number of imide groups is 1. The first-order valence-electron chi connectivity index (χ1n) is 8.10. The van der Waals surface area contributed by atoms with Crippen LogP contribution in [-0.2, 0) is 22.7 Å². The van der Waals surface area contributed by atoms with E-state index in [9.17, 15) is 18.8 Å². The van der Waals surface area contributed by atoms with E-state index in [0.717, 1.165) is 16.6 Å². The molecule has 1 aromatic carbocycles. The Kier molecular flexibility index (Phi) is 3.99. The van der Waals surface area contributed by atoms with Crippen molar-refractivity contribution in [1.82, 2.24) is 14.8 Å². The zero-order valence-corrected chi connectivity index (χ0v) is 14.3. The van der Waals surface area contributed by atoms with Gasteiger partial charge in [-0.05, 0) is 18.2 Å². The number of nitrogens with one attached hydrogen (secondary N) is 1. The number of urea groups is 1. The highest BCUT2D eigenvalue weighted by Crippen LogP contribution is 2.28. The lowest BCUT2D eigenvalue weighted by molar-refractivity contribution is -0.132. The third-order valence-electron chi connectivity index (χ3n) is 4.62. The lowest BCUT2D eigenvalue weighted by Gasteiger charge is -2.29. The third-order valence-corrected chi connectivity index (χ3v) is 4.91. The molecule has 0 aliphatic carbocycles. The fraction of sp³-hybridized carbons (Fsp3) is 0.294. The molecule has 0 spiro atoms. The standard InChI is InChI=1S/C17H14ClFN4O3/c18-11-7-14-9(6-12(11)19)5-10-8-22(3-4-23(10)14)15(24)2-1-13-16(25)21-17(26)20-13/h5-7H,1-4,8H2,(H,21,25,26). The fourth-order valence-corrected chi connectivity index (χ4v) is 3.50. The number of halogens is 2. The Labute approximate surface area is 152 Å². The van der Waals surface area contributed by atoms with Crippen LogP contribution in [0.1, 0.15) is 18.5 Å². The maximum atomic E-state index is 13.7. The van der Waals surface area contributed by atoms with E-state index in [1.165, 1.54) is 6.07 Å². The molecule has 1 N–H and O–H groups in total. The lowest BCUT2D eigenvalue weighted by atomic mass is 10.1. The average molecular weight is 377 g/mol. The molecule has 0 saturated heterocycles. The molecule has 3 heterocycles. The van der Waals surface area contributed by atoms with Crippen molar-refractivity contribution in [2.75, 3.05) is 6.54 Å². The zero-order valence-electron chi connectivity index (χ0n) is 13.6. The zero-order chi connectivity index (χ0) is 18.4. The largest absolute Gasteiger partial charge is 0.348 e. The molecule has 0 unspecified atom stereocenters. The van der Waals surface area contributed by atoms with Crippen molar-refractivity contribution in [2.24, 2.45) is 4.99 Å². The molecule has 0 saturated carbocycles. The SMILES string of the molecule is O=C1N=C(CCC(=O)N2CCn3c(cc4cc(F)c(Cl)cc43)C2)C(=O)N1. The Bertz CT molecular complexity index is 998. The van der Waals surface area contributed by atoms with Gasteiger partial charge >= 0.3 is 6.03 Å². The van der Waals surface area contributed by atoms with Gasteiger partial charge < -0.3 is 9.47 Å². The van der Waals surface area contributed by atoms with Crippen molar-refractivity contribution in [3.05, 3.63) is 34.7 Å². The Balaban J connectivity index is 1.48. The molecule has 0 radical (unpaired) electrons. The van der Waals surface area contributed by atoms with Crippen LogP contribution >= 0.6 is 11.6 Å². The molecular formula is C17H14ClFN4O3. The number of hydrogen-bond donors (Lipinski definition) is 1. The maximum Gasteiger partial charge on any atom is 0.348 e. The van der Waals surface area contributed by atoms with Gasteiger partial charge in [0.1, 0.15) is 11.5 Å². The van der Waals surface area contributed by atoms with Gasteiger partial charge in [0, 0.05) is 37.0 Å². The summed E-state index contributed by atoms with van der Waals surface area (Å²) in [6.45, 7) is 1.47. The molecule has 0 fully saturated rings. The molecule has 9 heteroatoms. The van der Waals surface area contributed by atoms with Crippen LogP contribution < -0.4 is 5.32 Å². The molecule has 4 rings (SSSR count). The van der Waals surface area contributed by atoms with Crippen molar-refractivity contribution in [3.63, 3.8) is 0 Å². The average Bonchev–Trinajstić information content (AvgIpc) is 3.11. The van der Waals surface area contributed by atoms with Crippen molar-refractivity contribution in [3.8, 4) is 0 Å². The number of carbonyl (C=O) groups excluding carboxylic acids is 3. The van der Waals surface area contributed by atoms with Gasteiger partial charge in [-0.2, -0.15) is 4.99 Å². The van der Waals surface area contributed by atoms with E-state index in [1.807, 2.05) is 10.6 Å². The van der Waals surface area contributed by atoms with Crippen molar-refractivity contribution in [1.29, 1.82) is 0 Å². The van der Waals surface area contributed by atoms with Crippen LogP contribution in [0.25, 0.3) is 10.9 Å². The molecule has 134 valence electrons. The van der Waals surface area contributed by atoms with Crippen LogP contribution in [-0.4, -0.2) is 39.6 Å². The van der Waals surface area contributed by atoms with E-state index in [1.54, 1.807) is 11.0 Å². The fourth-order valence-electron chi connectivity index (χ4n) is 3.34. The van der Waals surface area contributed by atoms with Gasteiger partial charge in [0.25, 0.3) is 5.91 Å². The number of hydrogen-bond acceptors (Lipinski definition) is 3. The predicted octanol–water partition coefficient (Wildman–Crippen LogP) is 2.25. The molecule has 2 aliphatic rings. The third kappa shape index (κ3) is 2.86. The van der Waals surface area contributed by atoms with Gasteiger partial charge in [-0.25, -0.2) is 9.18 Å². The van der Waals surface area contributed by atoms with Gasteiger partial charge in [-0.15, -0.1) is 0 Å². The van der Waals surface area contributed by atoms with Crippen molar-refractivity contribution in [2.45, 2.75) is 25.9 Å². The van der Waals surface area contributed by atoms with E-state index in [2.05, 4.69) is 10.3 Å². The summed E-state index contributed by atoms with van der Waals surface area (Å²) >= 11 is 5.87. The number of benzene rings is 1. The van der Waals surface area contributed by atoms with Crippen molar-refractivity contribution < 1.29 is 18.8 Å². The molecule has 0 bridgehead atoms. The molecule has 2 aliphatic heterocycles. The van der Waals surface area contributed by atoms with Crippen molar-refractivity contribution >= 4 is 46.1 Å². The molecular weight excluding hydrogens is 363 g/mol. The first-order chi connectivity index (χ1) is 12.4. The summed E-state index contributed by atoms with van der Waals surface area (Å²) in [5.41, 5.74) is 1.82. The minimum absolute atomic E-state index is 0.0714. The van der Waals surface area contributed by atoms with Crippen LogP contribution in [0.5, 0.6) is 0 Å². The Hall–Kier alpha value is -2.74. The van der Waals surface area contributed by atoms with E-state index in [0.29, 0.717) is 19.6 Å². The summed E-state index contributed by atoms with van der Waals surface area (Å²) in [5, 5.41) is 2.87. The summed E-state index contributed by atoms with van der Waals surface area (Å²) < 4.78 is 15.7. The number of amides is 4. The van der Waals surface area contributed by atoms with Gasteiger partial charge in [0.2, 0.25) is 5.91 Å². The molecule has 2 aromatic rings. The second kappa shape index (κ2) is 6.21. The second-order valence-electron chi connectivity index (χ2n) is 6.25. The number of aromatic nitrogens is 1. The van der Waals surface area contributed by atoms with Gasteiger partial charge in [0.05, 0.1) is 17.1 Å². The Morgan fingerprint density at radius 3 is 2.81 bits per heavy atom. The van der Waals surface area contributed by atoms with Gasteiger partial charge in [-0.1, -0.05) is 11.6 Å². The number of rotatable bonds is 3. The van der Waals surface area contributed by atoms with Crippen LogP contribution in [0.3, 0.4) is 0 Å². The smallest absolute Gasteiger partial charge is 0.341 e. The number of nitrogens with zero attached hydrogens (tertiary/aromatic N) is 3. The number of aliphatic imine (C=N–C) groups is 1. The second-order valence-corrected chi connectivity index (χ2v) is 6.65. The summed E-state index contributed by atoms with van der Waals surface area (Å²) in [6, 6.07) is 4.15. The quantitative estimate of drug-likeness (QED) is 0.891. The first kappa shape index (κ1) is 16.7. The summed E-state index contributed by atoms with van der Waals surface area (Å²) in [6.07, 6.45) is 0.219. The van der Waals surface area contributed by atoms with Crippen LogP contribution in [0, 0.1) is 5.82 Å². The van der Waals surface area contributed by atoms with E-state index >= 15 is 0 Å². The topological polar surface area (TPSA) is 83.8 Å². The number of carbonyl (C=O) groups is 3. The summed E-state index contributed by atoms with van der Waals surface area (Å²) in [4.78, 5) is 40.2. The summed E-state index contributed by atoms with van der Waals surface area (Å²) in [5.74, 6) is -1.14. The van der Waals surface area contributed by atoms with Gasteiger partial charge in [0.15, 0.2) is 0 Å². The van der Waals surface area contributed by atoms with E-state index in [4.69, 9.17) is 11.6 Å². The molecule has 0 atom stereocenters. The molecule has 1 aromatic heterocycles.